The van der Waals surface area contributed by atoms with Crippen molar-refractivity contribution in [1.29, 1.82) is 0 Å². The molecule has 0 saturated carbocycles. The molecule has 0 aliphatic heterocycles. The summed E-state index contributed by atoms with van der Waals surface area (Å²) in [5.74, 6) is -16.6. The minimum Gasteiger partial charge on any atom is -0.743 e. The smallest absolute Gasteiger partial charge is 0.433 e. The van der Waals surface area contributed by atoms with Crippen molar-refractivity contribution in [3.05, 3.63) is 0 Å². The zero-order chi connectivity index (χ0) is 82.1. The molecular weight excluding hydrogens is 1600 g/mol. The van der Waals surface area contributed by atoms with Crippen molar-refractivity contribution in [2.24, 2.45) is 27.1 Å². The van der Waals surface area contributed by atoms with Crippen LogP contribution in [0.3, 0.4) is 0 Å². The van der Waals surface area contributed by atoms with Crippen LogP contribution in [0.15, 0.2) is 0 Å². The maximum atomic E-state index is 12.9. The molecule has 0 aliphatic carbocycles. The van der Waals surface area contributed by atoms with Crippen LogP contribution in [-0.2, 0) is 132 Å². The Labute approximate surface area is 607 Å². The van der Waals surface area contributed by atoms with Gasteiger partial charge in [0.1, 0.15) is 19.8 Å². The van der Waals surface area contributed by atoms with E-state index in [1.54, 1.807) is 48.5 Å². The normalized spacial score (nSPS) is 12.8. The van der Waals surface area contributed by atoms with Gasteiger partial charge in [0, 0.05) is 0 Å². The van der Waals surface area contributed by atoms with Gasteiger partial charge in [-0.15, -0.1) is 0 Å². The van der Waals surface area contributed by atoms with E-state index >= 15 is 0 Å². The van der Waals surface area contributed by atoms with Crippen LogP contribution in [0.5, 0.6) is 0 Å². The molecule has 0 amide bonds. The number of carbonyl (C=O) groups excluding carboxylic acids is 8. The Kier molecular flexibility index (Phi) is 52.7. The summed E-state index contributed by atoms with van der Waals surface area (Å²) in [7, 11) is -31.6. The van der Waals surface area contributed by atoms with Crippen LogP contribution in [0.2, 0.25) is 0 Å². The number of ether oxygens (including phenoxy) is 9. The number of alkyl halides is 14. The van der Waals surface area contributed by atoms with E-state index < -0.39 is 210 Å². The molecule has 0 spiro atoms. The first kappa shape index (κ1) is 121. The van der Waals surface area contributed by atoms with Crippen molar-refractivity contribution in [1.82, 2.24) is 0 Å². The average Bonchev–Trinajstić information content (AvgIpc) is 0.785. The lowest BCUT2D eigenvalue weighted by Crippen LogP contribution is -2.50. The first-order valence-electron chi connectivity index (χ1n) is 27.9. The molecule has 640 valence electrons. The molecule has 0 bridgehead atoms. The van der Waals surface area contributed by atoms with Gasteiger partial charge in [0.05, 0.1) is 46.9 Å². The van der Waals surface area contributed by atoms with Crippen LogP contribution >= 0.6 is 0 Å². The van der Waals surface area contributed by atoms with Gasteiger partial charge >= 0.3 is 86.1 Å². The molecule has 0 aromatic rings. The summed E-state index contributed by atoms with van der Waals surface area (Å²) in [6.07, 6.45) is -3.22. The Morgan fingerprint density at radius 2 is 0.481 bits per heavy atom. The molecule has 0 saturated heterocycles. The number of rotatable bonds is 36. The number of hydrogen-bond acceptors (Lipinski definition) is 32. The molecule has 0 rings (SSSR count). The van der Waals surface area contributed by atoms with E-state index in [1.807, 2.05) is 6.92 Å². The summed E-state index contributed by atoms with van der Waals surface area (Å²) in [6, 6.07) is 0. The molecular formula is C55H95F14O32S5-5. The fraction of sp³-hybridized carbons (Fsp3) is 0.855. The highest BCUT2D eigenvalue weighted by molar-refractivity contribution is 7.88. The van der Waals surface area contributed by atoms with E-state index in [-0.39, 0.29) is 63.0 Å². The van der Waals surface area contributed by atoms with Crippen LogP contribution in [0, 0.1) is 27.1 Å². The van der Waals surface area contributed by atoms with Gasteiger partial charge in [-0.3, -0.25) is 24.0 Å². The summed E-state index contributed by atoms with van der Waals surface area (Å²) in [5.41, 5.74) is -4.42. The standard InChI is InChI=1S/C12H20F2O7S.C10H16F4O6S.C10H16F2O7S.C9H14F4O5S.C9H14F2O7S.5CH4/c1-4-11(2,3)9(15)20-7-5-6-8-21-10(16)12(13,14)22(17,18)19;1-4-8(2,3)7(15)19-5-6-20-9(11,12)10(13,14)21(16,17)18;1-4-9(2,3)7(13)18-5-6-19-8(14)10(11,12)20(15,16)17;1-4-7(2,3)6(14)18-5-8(10,11)9(12,13)19(15,16)17;1-4-8(2,3)6(12)17-5-18-7(13)9(10,11)19(14,15)16;;;;;/h4-8H2,1-3H3,(H,17,18,19);4-6H2,1-3H3,(H,16,17,18);4-6H2,1-3H3,(H,15,16,17);4-5H2,1-3H3,(H,15,16,17);4-5H2,1-3H3,(H,14,15,16);5*1H4/p-5. The largest absolute Gasteiger partial charge is 0.743 e. The molecule has 0 aliphatic rings. The zero-order valence-electron chi connectivity index (χ0n) is 56.0. The van der Waals surface area contributed by atoms with Crippen LogP contribution in [-0.4, -0.2) is 204 Å². The lowest BCUT2D eigenvalue weighted by Gasteiger charge is -2.29. The van der Waals surface area contributed by atoms with Gasteiger partial charge in [0.15, 0.2) is 57.2 Å². The third kappa shape index (κ3) is 38.1. The lowest BCUT2D eigenvalue weighted by atomic mass is 9.91. The highest BCUT2D eigenvalue weighted by atomic mass is 32.2. The molecule has 0 radical (unpaired) electrons. The molecule has 0 aromatic carbocycles. The Hall–Kier alpha value is -5.71. The Morgan fingerprint density at radius 1 is 0.283 bits per heavy atom. The van der Waals surface area contributed by atoms with Crippen LogP contribution in [0.1, 0.15) is 186 Å². The summed E-state index contributed by atoms with van der Waals surface area (Å²) in [6.45, 7) is 16.6. The van der Waals surface area contributed by atoms with Crippen LogP contribution < -0.4 is 0 Å². The van der Waals surface area contributed by atoms with Crippen molar-refractivity contribution in [2.45, 2.75) is 224 Å². The molecule has 0 atom stereocenters. The molecule has 51 heteroatoms. The molecule has 0 N–H and O–H groups in total. The van der Waals surface area contributed by atoms with Gasteiger partial charge in [-0.05, 0) is 114 Å². The molecule has 0 aromatic heterocycles. The first-order valence-corrected chi connectivity index (χ1v) is 34.9. The number of esters is 8. The monoisotopic (exact) mass is 1690 g/mol. The summed E-state index contributed by atoms with van der Waals surface area (Å²) < 4.78 is 367. The quantitative estimate of drug-likeness (QED) is 0.0141. The second-order valence-corrected chi connectivity index (χ2v) is 30.2. The number of halogens is 14. The van der Waals surface area contributed by atoms with Crippen molar-refractivity contribution >= 4 is 98.3 Å². The number of unbranched alkanes of at least 4 members (excludes halogenated alkanes) is 1. The predicted molar refractivity (Wildman–Crippen MR) is 335 cm³/mol. The average molecular weight is 1690 g/mol. The van der Waals surface area contributed by atoms with E-state index in [1.165, 1.54) is 48.5 Å². The van der Waals surface area contributed by atoms with Crippen molar-refractivity contribution in [3.63, 3.8) is 0 Å². The van der Waals surface area contributed by atoms with Gasteiger partial charge in [-0.2, -0.15) is 61.5 Å². The van der Waals surface area contributed by atoms with Gasteiger partial charge in [0.25, 0.3) is 0 Å². The number of carbonyl (C=O) groups is 8. The van der Waals surface area contributed by atoms with E-state index in [2.05, 4.69) is 37.9 Å². The molecule has 0 fully saturated rings. The van der Waals surface area contributed by atoms with E-state index in [9.17, 15) is 165 Å². The Morgan fingerprint density at radius 3 is 0.726 bits per heavy atom. The van der Waals surface area contributed by atoms with Gasteiger partial charge in [-0.1, -0.05) is 71.8 Å². The second kappa shape index (κ2) is 46.1. The SMILES string of the molecule is C.C.C.C.C.CCC(C)(C)C(=O)OCC(F)(F)C(F)(F)S(=O)(=O)[O-].CCC(C)(C)C(=O)OCCCCOC(=O)C(F)(F)S(=O)(=O)[O-].CCC(C)(C)C(=O)OCCOC(=O)C(F)(F)S(=O)(=O)[O-].CCC(C)(C)C(=O)OCCOC(F)(F)C(F)(F)S(=O)(=O)[O-].CCC(C)(C)C(=O)OCOC(=O)C(F)(F)S(=O)(=O)[O-]. The maximum Gasteiger partial charge on any atom is 0.433 e. The fourth-order valence-corrected chi connectivity index (χ4v) is 5.72. The first-order chi connectivity index (χ1) is 44.5. The third-order valence-corrected chi connectivity index (χ3v) is 17.3. The molecule has 32 nitrogen and oxygen atoms in total. The van der Waals surface area contributed by atoms with E-state index in [0.29, 0.717) is 25.7 Å². The highest BCUT2D eigenvalue weighted by Crippen LogP contribution is 2.40. The summed E-state index contributed by atoms with van der Waals surface area (Å²) in [5, 5.41) is -27.3. The van der Waals surface area contributed by atoms with Crippen LogP contribution in [0.25, 0.3) is 0 Å². The Balaban J connectivity index is -0.000000134. The van der Waals surface area contributed by atoms with Gasteiger partial charge in [-0.25, -0.2) is 56.5 Å². The van der Waals surface area contributed by atoms with Gasteiger partial charge < -0.3 is 65.4 Å². The highest BCUT2D eigenvalue weighted by Gasteiger charge is 2.64. The minimum atomic E-state index is -6.61. The zero-order valence-corrected chi connectivity index (χ0v) is 60.1. The summed E-state index contributed by atoms with van der Waals surface area (Å²) in [4.78, 5) is 89.2. The molecule has 106 heavy (non-hydrogen) atoms. The van der Waals surface area contributed by atoms with E-state index in [4.69, 9.17) is 4.74 Å². The molecule has 0 heterocycles. The van der Waals surface area contributed by atoms with Crippen LogP contribution in [0.4, 0.5) is 61.5 Å². The Bertz CT molecular complexity index is 3370. The molecule has 0 unspecified atom stereocenters. The van der Waals surface area contributed by atoms with Crippen molar-refractivity contribution in [2.75, 3.05) is 53.0 Å². The van der Waals surface area contributed by atoms with Crippen molar-refractivity contribution in [3.8, 4) is 0 Å². The second-order valence-electron chi connectivity index (χ2n) is 23.1. The topological polar surface area (TPSA) is 506 Å². The van der Waals surface area contributed by atoms with Gasteiger partial charge in [0.2, 0.25) is 6.79 Å². The van der Waals surface area contributed by atoms with E-state index in [0.717, 1.165) is 0 Å². The fourth-order valence-electron chi connectivity index (χ4n) is 4.15. The van der Waals surface area contributed by atoms with Crippen molar-refractivity contribution < 1.29 is 207 Å². The summed E-state index contributed by atoms with van der Waals surface area (Å²) >= 11 is 0. The minimum absolute atomic E-state index is 0. The number of hydrogen-bond donors (Lipinski definition) is 0. The lowest BCUT2D eigenvalue weighted by molar-refractivity contribution is -0.320. The predicted octanol–water partition coefficient (Wildman–Crippen LogP) is 9.31. The maximum absolute atomic E-state index is 12.9. The third-order valence-electron chi connectivity index (χ3n) is 13.1.